The molecule has 1 aliphatic rings. The minimum Gasteiger partial charge on any atom is -0.406 e. The van der Waals surface area contributed by atoms with Crippen LogP contribution in [0.2, 0.25) is 0 Å². The molecule has 1 saturated carbocycles. The summed E-state index contributed by atoms with van der Waals surface area (Å²) in [5.41, 5.74) is 1.58. The number of imidazole rings is 1. The van der Waals surface area contributed by atoms with Gasteiger partial charge in [-0.2, -0.15) is 5.10 Å². The summed E-state index contributed by atoms with van der Waals surface area (Å²) in [6, 6.07) is 5.72. The van der Waals surface area contributed by atoms with Crippen molar-refractivity contribution in [1.82, 2.24) is 24.2 Å². The summed E-state index contributed by atoms with van der Waals surface area (Å²) in [6.07, 6.45) is 4.75. The van der Waals surface area contributed by atoms with Gasteiger partial charge in [-0.05, 0) is 31.4 Å². The van der Waals surface area contributed by atoms with Gasteiger partial charge in [-0.3, -0.25) is 4.79 Å². The summed E-state index contributed by atoms with van der Waals surface area (Å²) in [6.45, 7) is 0.346. The lowest BCUT2D eigenvalue weighted by Crippen LogP contribution is -2.43. The Hall–Kier alpha value is -3.30. The Morgan fingerprint density at radius 1 is 1.30 bits per heavy atom. The highest BCUT2D eigenvalue weighted by molar-refractivity contribution is 5.92. The molecule has 0 aliphatic heterocycles. The number of carbonyl (C=O) groups is 1. The maximum absolute atomic E-state index is 13.0. The molecule has 30 heavy (non-hydrogen) atoms. The van der Waals surface area contributed by atoms with Crippen LogP contribution in [0.3, 0.4) is 0 Å². The average molecular weight is 419 g/mol. The molecule has 0 N–H and O–H groups in total. The number of benzene rings is 1. The van der Waals surface area contributed by atoms with Crippen LogP contribution in [0.25, 0.3) is 5.69 Å². The minimum absolute atomic E-state index is 0.145. The molecule has 1 aromatic carbocycles. The second-order valence-electron chi connectivity index (χ2n) is 7.28. The summed E-state index contributed by atoms with van der Waals surface area (Å²) in [4.78, 5) is 18.9. The summed E-state index contributed by atoms with van der Waals surface area (Å²) < 4.78 is 44.6. The first kappa shape index (κ1) is 20.0. The van der Waals surface area contributed by atoms with E-state index in [1.165, 1.54) is 22.9 Å². The van der Waals surface area contributed by atoms with Gasteiger partial charge in [0, 0.05) is 43.7 Å². The molecule has 7 nitrogen and oxygen atoms in total. The van der Waals surface area contributed by atoms with Gasteiger partial charge in [0.15, 0.2) is 0 Å². The predicted octanol–water partition coefficient (Wildman–Crippen LogP) is 3.70. The Morgan fingerprint density at radius 2 is 2.10 bits per heavy atom. The largest absolute Gasteiger partial charge is 0.573 e. The quantitative estimate of drug-likeness (QED) is 0.611. The van der Waals surface area contributed by atoms with Crippen LogP contribution in [0.15, 0.2) is 49.2 Å². The number of carbonyl (C=O) groups excluding carboxylic acids is 1. The molecule has 1 aliphatic carbocycles. The molecule has 1 fully saturated rings. The van der Waals surface area contributed by atoms with Crippen LogP contribution in [0.4, 0.5) is 13.2 Å². The topological polar surface area (TPSA) is 65.2 Å². The number of nitrogens with zero attached hydrogens (tertiary/aromatic N) is 5. The molecule has 0 spiro atoms. The van der Waals surface area contributed by atoms with Crippen molar-refractivity contribution in [3.05, 3.63) is 60.4 Å². The number of aromatic nitrogens is 4. The molecule has 4 rings (SSSR count). The third-order valence-corrected chi connectivity index (χ3v) is 5.01. The molecule has 158 valence electrons. The van der Waals surface area contributed by atoms with E-state index in [0.29, 0.717) is 17.9 Å². The molecule has 2 heterocycles. The third kappa shape index (κ3) is 4.47. The minimum atomic E-state index is -4.76. The second-order valence-corrected chi connectivity index (χ2v) is 7.28. The van der Waals surface area contributed by atoms with Crippen LogP contribution in [-0.4, -0.2) is 42.5 Å². The van der Waals surface area contributed by atoms with Crippen molar-refractivity contribution in [1.29, 1.82) is 0 Å². The molecule has 3 aromatic rings. The second kappa shape index (κ2) is 7.85. The van der Waals surface area contributed by atoms with E-state index in [2.05, 4.69) is 14.8 Å². The van der Waals surface area contributed by atoms with Gasteiger partial charge in [0.2, 0.25) is 0 Å². The maximum Gasteiger partial charge on any atom is 0.573 e. The van der Waals surface area contributed by atoms with Gasteiger partial charge in [-0.1, -0.05) is 6.07 Å². The zero-order chi connectivity index (χ0) is 21.3. The lowest BCUT2D eigenvalue weighted by molar-refractivity contribution is -0.274. The van der Waals surface area contributed by atoms with Crippen LogP contribution in [0.5, 0.6) is 5.75 Å². The number of alkyl halides is 3. The van der Waals surface area contributed by atoms with Crippen molar-refractivity contribution < 1.29 is 22.7 Å². The first-order valence-corrected chi connectivity index (χ1v) is 9.47. The van der Waals surface area contributed by atoms with Gasteiger partial charge in [-0.15, -0.1) is 13.2 Å². The van der Waals surface area contributed by atoms with E-state index in [0.717, 1.165) is 24.8 Å². The van der Waals surface area contributed by atoms with Crippen molar-refractivity contribution >= 4 is 5.91 Å². The van der Waals surface area contributed by atoms with Crippen molar-refractivity contribution in [2.75, 3.05) is 0 Å². The van der Waals surface area contributed by atoms with Crippen LogP contribution < -0.4 is 4.74 Å². The molecular formula is C20H20F3N5O2. The zero-order valence-corrected chi connectivity index (χ0v) is 16.2. The van der Waals surface area contributed by atoms with Crippen molar-refractivity contribution in [2.45, 2.75) is 38.2 Å². The number of aryl methyl sites for hydroxylation is 1. The van der Waals surface area contributed by atoms with Crippen molar-refractivity contribution in [3.8, 4) is 11.4 Å². The zero-order valence-electron chi connectivity index (χ0n) is 16.2. The van der Waals surface area contributed by atoms with E-state index >= 15 is 0 Å². The maximum atomic E-state index is 13.0. The number of halogens is 3. The first-order valence-electron chi connectivity index (χ1n) is 9.47. The standard InChI is InChI=1S/C20H20F3N5O2/c1-26-12-18(24-13-26)19(29)27(15-4-2-5-15)10-14-9-25-28(11-14)16-6-3-7-17(8-16)30-20(21,22)23/h3,6-9,11-13,15H,2,4-5,10H2,1H3. The number of rotatable bonds is 6. The third-order valence-electron chi connectivity index (χ3n) is 5.01. The highest BCUT2D eigenvalue weighted by Crippen LogP contribution is 2.28. The molecule has 1 amide bonds. The SMILES string of the molecule is Cn1cnc(C(=O)N(Cc2cnn(-c3cccc(OC(F)(F)F)c3)c2)C2CCC2)c1. The number of amides is 1. The highest BCUT2D eigenvalue weighted by Gasteiger charge is 2.32. The fraction of sp³-hybridized carbons (Fsp3) is 0.350. The molecule has 0 radical (unpaired) electrons. The van der Waals surface area contributed by atoms with Crippen LogP contribution in [0.1, 0.15) is 35.3 Å². The van der Waals surface area contributed by atoms with E-state index in [9.17, 15) is 18.0 Å². The monoisotopic (exact) mass is 419 g/mol. The fourth-order valence-electron chi connectivity index (χ4n) is 3.34. The molecule has 10 heteroatoms. The predicted molar refractivity (Wildman–Crippen MR) is 101 cm³/mol. The van der Waals surface area contributed by atoms with Gasteiger partial charge in [-0.25, -0.2) is 9.67 Å². The lowest BCUT2D eigenvalue weighted by atomic mass is 9.91. The molecule has 0 saturated heterocycles. The highest BCUT2D eigenvalue weighted by atomic mass is 19.4. The van der Waals surface area contributed by atoms with Crippen LogP contribution >= 0.6 is 0 Å². The van der Waals surface area contributed by atoms with Gasteiger partial charge < -0.3 is 14.2 Å². The summed E-state index contributed by atoms with van der Waals surface area (Å²) in [5, 5.41) is 4.24. The smallest absolute Gasteiger partial charge is 0.406 e. The molecule has 2 aromatic heterocycles. The Bertz CT molecular complexity index is 1040. The van der Waals surface area contributed by atoms with Crippen LogP contribution in [0, 0.1) is 0 Å². The fourth-order valence-corrected chi connectivity index (χ4v) is 3.34. The molecule has 0 unspecified atom stereocenters. The molecular weight excluding hydrogens is 399 g/mol. The van der Waals surface area contributed by atoms with Crippen LogP contribution in [-0.2, 0) is 13.6 Å². The Kier molecular flexibility index (Phi) is 5.23. The van der Waals surface area contributed by atoms with Crippen molar-refractivity contribution in [3.63, 3.8) is 0 Å². The number of hydrogen-bond donors (Lipinski definition) is 0. The lowest BCUT2D eigenvalue weighted by Gasteiger charge is -2.37. The molecule has 0 atom stereocenters. The van der Waals surface area contributed by atoms with Gasteiger partial charge in [0.05, 0.1) is 18.2 Å². The summed E-state index contributed by atoms with van der Waals surface area (Å²) in [7, 11) is 1.80. The van der Waals surface area contributed by atoms with E-state index < -0.39 is 6.36 Å². The normalized spacial score (nSPS) is 14.4. The van der Waals surface area contributed by atoms with E-state index in [1.807, 2.05) is 0 Å². The van der Waals surface area contributed by atoms with E-state index in [1.54, 1.807) is 47.5 Å². The van der Waals surface area contributed by atoms with Gasteiger partial charge >= 0.3 is 6.36 Å². The first-order chi connectivity index (χ1) is 14.3. The Balaban J connectivity index is 1.52. The average Bonchev–Trinajstić information content (AvgIpc) is 3.27. The summed E-state index contributed by atoms with van der Waals surface area (Å²) >= 11 is 0. The number of hydrogen-bond acceptors (Lipinski definition) is 4. The van der Waals surface area contributed by atoms with Crippen molar-refractivity contribution in [2.24, 2.45) is 7.05 Å². The number of ether oxygens (including phenoxy) is 1. The Morgan fingerprint density at radius 3 is 2.73 bits per heavy atom. The van der Waals surface area contributed by atoms with Gasteiger partial charge in [0.1, 0.15) is 11.4 Å². The summed E-state index contributed by atoms with van der Waals surface area (Å²) in [5.74, 6) is -0.466. The van der Waals surface area contributed by atoms with E-state index in [-0.39, 0.29) is 17.7 Å². The van der Waals surface area contributed by atoms with E-state index in [4.69, 9.17) is 0 Å². The van der Waals surface area contributed by atoms with Gasteiger partial charge in [0.25, 0.3) is 5.91 Å². The molecule has 0 bridgehead atoms. The Labute approximate surface area is 170 Å².